The first-order valence-electron chi connectivity index (χ1n) is 5.72. The van der Waals surface area contributed by atoms with E-state index in [1.165, 1.54) is 0 Å². The third-order valence-electron chi connectivity index (χ3n) is 2.58. The van der Waals surface area contributed by atoms with Gasteiger partial charge in [-0.25, -0.2) is 13.6 Å². The number of nitrogens with two attached hydrogens (primary N) is 1. The highest BCUT2D eigenvalue weighted by Crippen LogP contribution is 2.32. The van der Waals surface area contributed by atoms with Crippen LogP contribution in [0.15, 0.2) is 0 Å². The molecular formula is C11H20F2N2O2. The molecule has 1 aliphatic carbocycles. The van der Waals surface area contributed by atoms with Crippen LogP contribution in [0.25, 0.3) is 0 Å². The van der Waals surface area contributed by atoms with Crippen molar-refractivity contribution in [3.05, 3.63) is 0 Å². The number of amides is 1. The standard InChI is InChI=1S/C11H20F2N2O2/c1-10(2,3)17-9(16)15-8-6-11(12,13)5-4-7(8)14/h7-8H,4-6,14H2,1-3H3,(H,15,16)/t7-,8+/m0/s1. The van der Waals surface area contributed by atoms with Gasteiger partial charge in [-0.15, -0.1) is 0 Å². The molecule has 0 bridgehead atoms. The van der Waals surface area contributed by atoms with Crippen molar-refractivity contribution in [2.75, 3.05) is 0 Å². The first-order chi connectivity index (χ1) is 7.59. The molecule has 0 spiro atoms. The number of alkyl halides is 2. The monoisotopic (exact) mass is 250 g/mol. The molecule has 0 heterocycles. The number of rotatable bonds is 1. The lowest BCUT2D eigenvalue weighted by Gasteiger charge is -2.34. The lowest BCUT2D eigenvalue weighted by Crippen LogP contribution is -2.54. The molecule has 0 aromatic rings. The van der Waals surface area contributed by atoms with Crippen molar-refractivity contribution in [1.29, 1.82) is 0 Å². The minimum absolute atomic E-state index is 0.202. The summed E-state index contributed by atoms with van der Waals surface area (Å²) in [7, 11) is 0. The highest BCUT2D eigenvalue weighted by Gasteiger charge is 2.41. The molecule has 2 atom stereocenters. The minimum Gasteiger partial charge on any atom is -0.444 e. The van der Waals surface area contributed by atoms with Gasteiger partial charge in [0.05, 0.1) is 6.04 Å². The van der Waals surface area contributed by atoms with Crippen molar-refractivity contribution >= 4 is 6.09 Å². The predicted octanol–water partition coefficient (Wildman–Crippen LogP) is 2.03. The molecule has 1 fully saturated rings. The maximum absolute atomic E-state index is 13.2. The third kappa shape index (κ3) is 4.85. The average molecular weight is 250 g/mol. The van der Waals surface area contributed by atoms with Gasteiger partial charge in [-0.1, -0.05) is 0 Å². The lowest BCUT2D eigenvalue weighted by atomic mass is 9.88. The van der Waals surface area contributed by atoms with E-state index in [0.717, 1.165) is 0 Å². The van der Waals surface area contributed by atoms with Crippen LogP contribution in [-0.2, 0) is 4.74 Å². The average Bonchev–Trinajstić information content (AvgIpc) is 2.07. The number of carbonyl (C=O) groups is 1. The molecule has 0 saturated heterocycles. The largest absolute Gasteiger partial charge is 0.444 e. The second-order valence-electron chi connectivity index (χ2n) is 5.52. The molecular weight excluding hydrogens is 230 g/mol. The Morgan fingerprint density at radius 1 is 1.47 bits per heavy atom. The maximum Gasteiger partial charge on any atom is 0.407 e. The van der Waals surface area contributed by atoms with Crippen LogP contribution in [0.3, 0.4) is 0 Å². The van der Waals surface area contributed by atoms with Gasteiger partial charge in [0, 0.05) is 18.9 Å². The Bertz CT molecular complexity index is 290. The number of halogens is 2. The van der Waals surface area contributed by atoms with Crippen molar-refractivity contribution in [3.63, 3.8) is 0 Å². The van der Waals surface area contributed by atoms with Crippen molar-refractivity contribution in [1.82, 2.24) is 5.32 Å². The van der Waals surface area contributed by atoms with Gasteiger partial charge in [-0.05, 0) is 27.2 Å². The Hall–Kier alpha value is -0.910. The molecule has 0 aliphatic heterocycles. The van der Waals surface area contributed by atoms with Crippen LogP contribution in [0, 0.1) is 0 Å². The third-order valence-corrected chi connectivity index (χ3v) is 2.58. The molecule has 3 N–H and O–H groups in total. The van der Waals surface area contributed by atoms with E-state index in [1.54, 1.807) is 20.8 Å². The van der Waals surface area contributed by atoms with Crippen LogP contribution >= 0.6 is 0 Å². The van der Waals surface area contributed by atoms with E-state index in [9.17, 15) is 13.6 Å². The number of hydrogen-bond donors (Lipinski definition) is 2. The molecule has 1 rings (SSSR count). The zero-order valence-electron chi connectivity index (χ0n) is 10.4. The van der Waals surface area contributed by atoms with E-state index >= 15 is 0 Å². The molecule has 0 aromatic carbocycles. The molecule has 6 heteroatoms. The Labute approximate surface area is 99.9 Å². The topological polar surface area (TPSA) is 64.3 Å². The van der Waals surface area contributed by atoms with Gasteiger partial charge in [0.2, 0.25) is 5.92 Å². The van der Waals surface area contributed by atoms with Crippen LogP contribution < -0.4 is 11.1 Å². The van der Waals surface area contributed by atoms with Crippen molar-refractivity contribution in [2.24, 2.45) is 5.73 Å². The lowest BCUT2D eigenvalue weighted by molar-refractivity contribution is -0.0493. The molecule has 0 unspecified atom stereocenters. The zero-order chi connectivity index (χ0) is 13.3. The summed E-state index contributed by atoms with van der Waals surface area (Å²) in [5.74, 6) is -2.75. The quantitative estimate of drug-likeness (QED) is 0.748. The highest BCUT2D eigenvalue weighted by atomic mass is 19.3. The Balaban J connectivity index is 2.52. The van der Waals surface area contributed by atoms with Gasteiger partial charge >= 0.3 is 6.09 Å². The molecule has 4 nitrogen and oxygen atoms in total. The fourth-order valence-electron chi connectivity index (χ4n) is 1.77. The van der Waals surface area contributed by atoms with E-state index in [0.29, 0.717) is 0 Å². The summed E-state index contributed by atoms with van der Waals surface area (Å²) in [6.07, 6.45) is -1.14. The summed E-state index contributed by atoms with van der Waals surface area (Å²) in [4.78, 5) is 11.4. The van der Waals surface area contributed by atoms with Crippen LogP contribution in [-0.4, -0.2) is 29.7 Å². The van der Waals surface area contributed by atoms with Crippen LogP contribution in [0.1, 0.15) is 40.0 Å². The van der Waals surface area contributed by atoms with Gasteiger partial charge in [0.15, 0.2) is 0 Å². The van der Waals surface area contributed by atoms with Crippen LogP contribution in [0.4, 0.5) is 13.6 Å². The van der Waals surface area contributed by atoms with Crippen LogP contribution in [0.5, 0.6) is 0 Å². The fourth-order valence-corrected chi connectivity index (χ4v) is 1.77. The van der Waals surface area contributed by atoms with E-state index in [2.05, 4.69) is 5.32 Å². The number of ether oxygens (including phenoxy) is 1. The molecule has 0 radical (unpaired) electrons. The summed E-state index contributed by atoms with van der Waals surface area (Å²) in [5, 5.41) is 2.41. The summed E-state index contributed by atoms with van der Waals surface area (Å²) in [6, 6.07) is -1.17. The first kappa shape index (κ1) is 14.2. The predicted molar refractivity (Wildman–Crippen MR) is 59.9 cm³/mol. The summed E-state index contributed by atoms with van der Waals surface area (Å²) < 4.78 is 31.3. The van der Waals surface area contributed by atoms with Gasteiger partial charge in [-0.2, -0.15) is 0 Å². The molecule has 0 aromatic heterocycles. The van der Waals surface area contributed by atoms with E-state index in [4.69, 9.17) is 10.5 Å². The normalized spacial score (nSPS) is 28.6. The zero-order valence-corrected chi connectivity index (χ0v) is 10.4. The van der Waals surface area contributed by atoms with Crippen molar-refractivity contribution in [3.8, 4) is 0 Å². The van der Waals surface area contributed by atoms with Gasteiger partial charge < -0.3 is 15.8 Å². The highest BCUT2D eigenvalue weighted by molar-refractivity contribution is 5.68. The summed E-state index contributed by atoms with van der Waals surface area (Å²) in [5.41, 5.74) is 5.06. The van der Waals surface area contributed by atoms with Crippen LogP contribution in [0.2, 0.25) is 0 Å². The molecule has 100 valence electrons. The molecule has 1 saturated carbocycles. The number of hydrogen-bond acceptors (Lipinski definition) is 3. The molecule has 1 amide bonds. The fraction of sp³-hybridized carbons (Fsp3) is 0.909. The van der Waals surface area contributed by atoms with Gasteiger partial charge in [-0.3, -0.25) is 0 Å². The smallest absolute Gasteiger partial charge is 0.407 e. The maximum atomic E-state index is 13.2. The summed E-state index contributed by atoms with van der Waals surface area (Å²) in [6.45, 7) is 5.13. The number of carbonyl (C=O) groups excluding carboxylic acids is 1. The molecule has 17 heavy (non-hydrogen) atoms. The Morgan fingerprint density at radius 3 is 2.59 bits per heavy atom. The second kappa shape index (κ2) is 4.76. The van der Waals surface area contributed by atoms with E-state index in [1.807, 2.05) is 0 Å². The second-order valence-corrected chi connectivity index (χ2v) is 5.52. The van der Waals surface area contributed by atoms with Gasteiger partial charge in [0.1, 0.15) is 5.60 Å². The minimum atomic E-state index is -2.75. The van der Waals surface area contributed by atoms with E-state index < -0.39 is 36.1 Å². The van der Waals surface area contributed by atoms with Crippen molar-refractivity contribution < 1.29 is 18.3 Å². The Kier molecular flexibility index (Phi) is 3.96. The summed E-state index contributed by atoms with van der Waals surface area (Å²) >= 11 is 0. The number of nitrogens with one attached hydrogen (secondary N) is 1. The van der Waals surface area contributed by atoms with Gasteiger partial charge in [0.25, 0.3) is 0 Å². The Morgan fingerprint density at radius 2 is 2.06 bits per heavy atom. The van der Waals surface area contributed by atoms with Crippen molar-refractivity contribution in [2.45, 2.75) is 63.6 Å². The number of alkyl carbamates (subject to hydrolysis) is 1. The van der Waals surface area contributed by atoms with E-state index in [-0.39, 0.29) is 12.8 Å². The SMILES string of the molecule is CC(C)(C)OC(=O)N[C@@H]1CC(F)(F)CC[C@@H]1N. The first-order valence-corrected chi connectivity index (χ1v) is 5.72. The molecule has 1 aliphatic rings.